The second-order valence-corrected chi connectivity index (χ2v) is 9.56. The Labute approximate surface area is 223 Å². The molecule has 7 nitrogen and oxygen atoms in total. The number of allylic oxidation sites excluding steroid dienone is 1. The predicted molar refractivity (Wildman–Crippen MR) is 141 cm³/mol. The van der Waals surface area contributed by atoms with Gasteiger partial charge in [-0.1, -0.05) is 31.2 Å². The molecule has 1 atom stereocenters. The van der Waals surface area contributed by atoms with Crippen LogP contribution in [0.3, 0.4) is 0 Å². The molecule has 11 heteroatoms. The normalized spacial score (nSPS) is 12.5. The first-order valence-corrected chi connectivity index (χ1v) is 12.1. The van der Waals surface area contributed by atoms with Gasteiger partial charge < -0.3 is 14.8 Å². The molecular weight excluding hydrogens is 512 g/mol. The topological polar surface area (TPSA) is 68.0 Å². The number of carbonyl (C=O) groups excluding carboxylic acids is 1. The maximum Gasteiger partial charge on any atom is 0.435 e. The van der Waals surface area contributed by atoms with Crippen LogP contribution >= 0.6 is 0 Å². The first-order valence-electron chi connectivity index (χ1n) is 12.1. The smallest absolute Gasteiger partial charge is 0.318 e. The molecule has 0 aliphatic heterocycles. The van der Waals surface area contributed by atoms with Crippen molar-refractivity contribution in [1.29, 1.82) is 0 Å². The third-order valence-electron chi connectivity index (χ3n) is 6.24. The molecule has 0 saturated carbocycles. The van der Waals surface area contributed by atoms with Crippen LogP contribution in [0.5, 0.6) is 0 Å². The Balaban J connectivity index is 1.67. The number of aromatic nitrogens is 4. The fraction of sp³-hybridized carbons (Fsp3) is 0.250. The molecule has 39 heavy (non-hydrogen) atoms. The fourth-order valence-electron chi connectivity index (χ4n) is 4.00. The summed E-state index contributed by atoms with van der Waals surface area (Å²) in [6.07, 6.45) is -1.51. The van der Waals surface area contributed by atoms with Crippen molar-refractivity contribution in [2.75, 3.05) is 19.4 Å². The average Bonchev–Trinajstić information content (AvgIpc) is 3.52. The molecule has 204 valence electrons. The zero-order valence-corrected chi connectivity index (χ0v) is 21.9. The quantitative estimate of drug-likeness (QED) is 0.213. The lowest BCUT2D eigenvalue weighted by Crippen LogP contribution is -2.18. The van der Waals surface area contributed by atoms with Gasteiger partial charge in [-0.2, -0.15) is 18.3 Å². The van der Waals surface area contributed by atoms with Crippen LogP contribution in [0.15, 0.2) is 73.1 Å². The summed E-state index contributed by atoms with van der Waals surface area (Å²) in [5.74, 6) is -1.09. The highest BCUT2D eigenvalue weighted by Gasteiger charge is 2.36. The van der Waals surface area contributed by atoms with Crippen molar-refractivity contribution in [3.05, 3.63) is 102 Å². The average molecular weight is 541 g/mol. The van der Waals surface area contributed by atoms with Crippen LogP contribution in [0.25, 0.3) is 11.4 Å². The monoisotopic (exact) mass is 540 g/mol. The molecule has 0 spiro atoms. The number of nitrogens with zero attached hydrogens (tertiary/aromatic N) is 5. The number of anilines is 1. The third-order valence-corrected chi connectivity index (χ3v) is 6.24. The predicted octanol–water partition coefficient (Wildman–Crippen LogP) is 6.21. The summed E-state index contributed by atoms with van der Waals surface area (Å²) < 4.78 is 58.4. The van der Waals surface area contributed by atoms with Crippen LogP contribution in [-0.4, -0.2) is 44.2 Å². The van der Waals surface area contributed by atoms with Gasteiger partial charge in [0, 0.05) is 36.1 Å². The van der Waals surface area contributed by atoms with E-state index in [0.29, 0.717) is 24.1 Å². The molecular formula is C28H28F4N6O. The molecule has 0 fully saturated rings. The van der Waals surface area contributed by atoms with Crippen LogP contribution < -0.4 is 5.32 Å². The van der Waals surface area contributed by atoms with Crippen molar-refractivity contribution >= 4 is 11.6 Å². The van der Waals surface area contributed by atoms with Crippen molar-refractivity contribution in [3.63, 3.8) is 0 Å². The minimum Gasteiger partial charge on any atom is -0.318 e. The minimum absolute atomic E-state index is 0.0683. The maximum absolute atomic E-state index is 15.1. The molecule has 2 aromatic heterocycles. The van der Waals surface area contributed by atoms with Crippen molar-refractivity contribution in [2.45, 2.75) is 32.5 Å². The molecule has 0 aliphatic rings. The molecule has 0 saturated heterocycles. The lowest BCUT2D eigenvalue weighted by Gasteiger charge is -2.15. The van der Waals surface area contributed by atoms with E-state index in [-0.39, 0.29) is 17.3 Å². The van der Waals surface area contributed by atoms with Crippen molar-refractivity contribution in [1.82, 2.24) is 24.2 Å². The van der Waals surface area contributed by atoms with E-state index < -0.39 is 29.3 Å². The van der Waals surface area contributed by atoms with E-state index in [9.17, 15) is 18.0 Å². The van der Waals surface area contributed by atoms with Crippen LogP contribution in [-0.2, 0) is 12.7 Å². The highest BCUT2D eigenvalue weighted by atomic mass is 19.4. The van der Waals surface area contributed by atoms with Gasteiger partial charge >= 0.3 is 6.18 Å². The number of alkyl halides is 3. The van der Waals surface area contributed by atoms with Gasteiger partial charge in [0.05, 0.1) is 17.9 Å². The van der Waals surface area contributed by atoms with E-state index in [4.69, 9.17) is 0 Å². The van der Waals surface area contributed by atoms with Crippen LogP contribution in [0, 0.1) is 5.82 Å². The molecule has 1 amide bonds. The molecule has 1 N–H and O–H groups in total. The minimum atomic E-state index is -4.79. The standard InChI is InChI=1S/C28H28F4N6O/c1-17(2)18(3)19-7-6-8-21(13-19)38-24(15-25(35-38)28(30,31)32)27(39)34-23-10-9-20(14-22(23)29)37-12-11-33-26(37)16-36(4)5/h6-15,18H,1,16H2,2-5H3,(H,34,39). The van der Waals surface area contributed by atoms with Gasteiger partial charge in [-0.25, -0.2) is 14.1 Å². The molecule has 0 radical (unpaired) electrons. The van der Waals surface area contributed by atoms with Gasteiger partial charge in [-0.3, -0.25) is 4.79 Å². The molecule has 2 heterocycles. The lowest BCUT2D eigenvalue weighted by atomic mass is 9.95. The van der Waals surface area contributed by atoms with Gasteiger partial charge in [0.2, 0.25) is 0 Å². The Morgan fingerprint density at radius 2 is 1.87 bits per heavy atom. The first kappa shape index (κ1) is 27.8. The molecule has 4 rings (SSSR count). The highest BCUT2D eigenvalue weighted by Crippen LogP contribution is 2.31. The number of hydrogen-bond donors (Lipinski definition) is 1. The van der Waals surface area contributed by atoms with Gasteiger partial charge in [-0.05, 0) is 50.8 Å². The summed E-state index contributed by atoms with van der Waals surface area (Å²) in [5.41, 5.74) is 0.571. The zero-order chi connectivity index (χ0) is 28.5. The van der Waals surface area contributed by atoms with Gasteiger partial charge in [0.1, 0.15) is 17.3 Å². The highest BCUT2D eigenvalue weighted by molar-refractivity contribution is 6.03. The number of carbonyl (C=O) groups is 1. The molecule has 1 unspecified atom stereocenters. The third kappa shape index (κ3) is 6.09. The molecule has 2 aromatic carbocycles. The molecule has 0 aliphatic carbocycles. The van der Waals surface area contributed by atoms with E-state index in [1.165, 1.54) is 12.1 Å². The van der Waals surface area contributed by atoms with Gasteiger partial charge in [-0.15, -0.1) is 0 Å². The Hall–Kier alpha value is -4.25. The Morgan fingerprint density at radius 1 is 1.13 bits per heavy atom. The van der Waals surface area contributed by atoms with Crippen LogP contribution in [0.1, 0.15) is 47.3 Å². The van der Waals surface area contributed by atoms with Gasteiger partial charge in [0.25, 0.3) is 5.91 Å². The van der Waals surface area contributed by atoms with Crippen LogP contribution in [0.4, 0.5) is 23.2 Å². The number of amides is 1. The van der Waals surface area contributed by atoms with Crippen molar-refractivity contribution in [3.8, 4) is 11.4 Å². The number of imidazole rings is 1. The summed E-state index contributed by atoms with van der Waals surface area (Å²) in [7, 11) is 3.76. The van der Waals surface area contributed by atoms with Crippen LogP contribution in [0.2, 0.25) is 0 Å². The van der Waals surface area contributed by atoms with E-state index in [1.54, 1.807) is 41.2 Å². The Morgan fingerprint density at radius 3 is 2.51 bits per heavy atom. The molecule has 0 bridgehead atoms. The number of hydrogen-bond acceptors (Lipinski definition) is 4. The SMILES string of the molecule is C=C(C)C(C)c1cccc(-n2nc(C(F)(F)F)cc2C(=O)Nc2ccc(-n3ccnc3CN(C)C)cc2F)c1. The number of halogens is 4. The number of benzene rings is 2. The van der Waals surface area contributed by atoms with E-state index in [2.05, 4.69) is 22.0 Å². The molecule has 4 aromatic rings. The van der Waals surface area contributed by atoms with Crippen molar-refractivity contribution in [2.24, 2.45) is 0 Å². The summed E-state index contributed by atoms with van der Waals surface area (Å²) in [6, 6.07) is 11.5. The van der Waals surface area contributed by atoms with E-state index in [1.807, 2.05) is 38.9 Å². The Kier molecular flexibility index (Phi) is 7.73. The zero-order valence-electron chi connectivity index (χ0n) is 21.9. The second-order valence-electron chi connectivity index (χ2n) is 9.56. The lowest BCUT2D eigenvalue weighted by molar-refractivity contribution is -0.141. The number of rotatable bonds is 8. The largest absolute Gasteiger partial charge is 0.435 e. The summed E-state index contributed by atoms with van der Waals surface area (Å²) in [6.45, 7) is 8.22. The number of nitrogens with one attached hydrogen (secondary N) is 1. The Bertz CT molecular complexity index is 1520. The summed E-state index contributed by atoms with van der Waals surface area (Å²) in [5, 5.41) is 6.05. The second kappa shape index (κ2) is 10.9. The van der Waals surface area contributed by atoms with Crippen molar-refractivity contribution < 1.29 is 22.4 Å². The maximum atomic E-state index is 15.1. The summed E-state index contributed by atoms with van der Waals surface area (Å²) in [4.78, 5) is 19.4. The van der Waals surface area contributed by atoms with E-state index in [0.717, 1.165) is 15.8 Å². The van der Waals surface area contributed by atoms with E-state index >= 15 is 4.39 Å². The first-order chi connectivity index (χ1) is 18.3. The fourth-order valence-corrected chi connectivity index (χ4v) is 4.00. The van der Waals surface area contributed by atoms with Gasteiger partial charge in [0.15, 0.2) is 5.69 Å². The summed E-state index contributed by atoms with van der Waals surface area (Å²) >= 11 is 0.